The maximum Gasteiger partial charge on any atom is 0.259 e. The maximum atomic E-state index is 12.1. The van der Waals surface area contributed by atoms with Crippen molar-refractivity contribution in [3.05, 3.63) is 11.5 Å². The van der Waals surface area contributed by atoms with Crippen LogP contribution in [0, 0.1) is 5.92 Å². The number of hydrogen-bond donors (Lipinski definition) is 2. The summed E-state index contributed by atoms with van der Waals surface area (Å²) in [4.78, 5) is 3.79. The van der Waals surface area contributed by atoms with Gasteiger partial charge < -0.3 is 9.67 Å². The summed E-state index contributed by atoms with van der Waals surface area (Å²) in [5.41, 5.74) is 0. The summed E-state index contributed by atoms with van der Waals surface area (Å²) >= 11 is 5.73. The van der Waals surface area contributed by atoms with Crippen molar-refractivity contribution in [3.63, 3.8) is 0 Å². The molecule has 0 amide bonds. The van der Waals surface area contributed by atoms with Gasteiger partial charge in [-0.05, 0) is 36.8 Å². The number of halogens is 1. The first-order valence-corrected chi connectivity index (χ1v) is 7.62. The van der Waals surface area contributed by atoms with Crippen LogP contribution in [-0.2, 0) is 17.1 Å². The predicted molar refractivity (Wildman–Crippen MR) is 66.8 cm³/mol. The first kappa shape index (κ1) is 13.8. The fourth-order valence-corrected chi connectivity index (χ4v) is 3.36. The molecule has 1 atom stereocenters. The average molecular weight is 294 g/mol. The molecule has 8 heteroatoms. The van der Waals surface area contributed by atoms with Crippen molar-refractivity contribution in [1.82, 2.24) is 14.3 Å². The number of aryl methyl sites for hydroxylation is 1. The number of imidazole rings is 1. The Morgan fingerprint density at radius 1 is 1.67 bits per heavy atom. The molecular formula is C10H16ClN3O3S. The van der Waals surface area contributed by atoms with E-state index < -0.39 is 10.0 Å². The molecule has 1 aromatic heterocycles. The number of hydrogen-bond acceptors (Lipinski definition) is 4. The van der Waals surface area contributed by atoms with Crippen LogP contribution in [0.3, 0.4) is 0 Å². The van der Waals surface area contributed by atoms with Gasteiger partial charge in [0, 0.05) is 25.9 Å². The van der Waals surface area contributed by atoms with E-state index in [0.717, 1.165) is 12.8 Å². The summed E-state index contributed by atoms with van der Waals surface area (Å²) in [7, 11) is -2.04. The largest absolute Gasteiger partial charge is 0.396 e. The molecule has 0 spiro atoms. The fourth-order valence-electron chi connectivity index (χ4n) is 1.84. The van der Waals surface area contributed by atoms with Gasteiger partial charge in [0.15, 0.2) is 5.03 Å². The van der Waals surface area contributed by atoms with Gasteiger partial charge in [-0.25, -0.2) is 18.1 Å². The topological polar surface area (TPSA) is 84.2 Å². The zero-order valence-electron chi connectivity index (χ0n) is 10.0. The SMILES string of the molecule is Cn1cc(S(=O)(=O)NC(CCO)C2CC2)nc1Cl. The molecule has 1 heterocycles. The summed E-state index contributed by atoms with van der Waals surface area (Å²) in [6.07, 6.45) is 3.78. The van der Waals surface area contributed by atoms with E-state index in [2.05, 4.69) is 9.71 Å². The van der Waals surface area contributed by atoms with Crippen molar-refractivity contribution >= 4 is 21.6 Å². The van der Waals surface area contributed by atoms with Gasteiger partial charge in [-0.3, -0.25) is 0 Å². The van der Waals surface area contributed by atoms with Crippen molar-refractivity contribution < 1.29 is 13.5 Å². The highest BCUT2D eigenvalue weighted by atomic mass is 35.5. The summed E-state index contributed by atoms with van der Waals surface area (Å²) in [5, 5.41) is 8.99. The Hall–Kier alpha value is -0.630. The van der Waals surface area contributed by atoms with Crippen LogP contribution >= 0.6 is 11.6 Å². The molecule has 6 nitrogen and oxygen atoms in total. The third-order valence-electron chi connectivity index (χ3n) is 3.01. The molecule has 1 fully saturated rings. The van der Waals surface area contributed by atoms with Gasteiger partial charge in [0.25, 0.3) is 10.0 Å². The van der Waals surface area contributed by atoms with E-state index in [1.165, 1.54) is 10.8 Å². The molecule has 1 aliphatic carbocycles. The highest BCUT2D eigenvalue weighted by Crippen LogP contribution is 2.34. The van der Waals surface area contributed by atoms with Crippen LogP contribution in [-0.4, -0.2) is 35.7 Å². The monoisotopic (exact) mass is 293 g/mol. The van der Waals surface area contributed by atoms with E-state index in [0.29, 0.717) is 12.3 Å². The van der Waals surface area contributed by atoms with Crippen molar-refractivity contribution in [2.24, 2.45) is 13.0 Å². The van der Waals surface area contributed by atoms with Gasteiger partial charge in [-0.2, -0.15) is 0 Å². The van der Waals surface area contributed by atoms with Gasteiger partial charge in [-0.15, -0.1) is 0 Å². The minimum atomic E-state index is -3.67. The summed E-state index contributed by atoms with van der Waals surface area (Å²) < 4.78 is 28.2. The van der Waals surface area contributed by atoms with Gasteiger partial charge in [-0.1, -0.05) is 0 Å². The highest BCUT2D eigenvalue weighted by Gasteiger charge is 2.34. The van der Waals surface area contributed by atoms with Crippen LogP contribution in [0.4, 0.5) is 0 Å². The molecule has 0 radical (unpaired) electrons. The molecule has 2 rings (SSSR count). The minimum absolute atomic E-state index is 0.0351. The molecular weight excluding hydrogens is 278 g/mol. The molecule has 0 aromatic carbocycles. The minimum Gasteiger partial charge on any atom is -0.396 e. The second-order valence-corrected chi connectivity index (χ2v) is 6.54. The predicted octanol–water partition coefficient (Wildman–Crippen LogP) is 0.513. The third kappa shape index (κ3) is 3.03. The van der Waals surface area contributed by atoms with Crippen molar-refractivity contribution in [3.8, 4) is 0 Å². The second kappa shape index (κ2) is 5.16. The van der Waals surface area contributed by atoms with Gasteiger partial charge in [0.1, 0.15) is 0 Å². The van der Waals surface area contributed by atoms with E-state index in [1.807, 2.05) is 0 Å². The lowest BCUT2D eigenvalue weighted by Crippen LogP contribution is -2.37. The highest BCUT2D eigenvalue weighted by molar-refractivity contribution is 7.89. The molecule has 0 saturated heterocycles. The second-order valence-electron chi connectivity index (χ2n) is 4.54. The lowest BCUT2D eigenvalue weighted by atomic mass is 10.1. The maximum absolute atomic E-state index is 12.1. The van der Waals surface area contributed by atoms with Crippen LogP contribution in [0.15, 0.2) is 11.2 Å². The first-order chi connectivity index (χ1) is 8.44. The van der Waals surface area contributed by atoms with Crippen LogP contribution < -0.4 is 4.72 Å². The number of aliphatic hydroxyl groups is 1. The number of nitrogens with zero attached hydrogens (tertiary/aromatic N) is 2. The van der Waals surface area contributed by atoms with Crippen molar-refractivity contribution in [2.45, 2.75) is 30.3 Å². The Kier molecular flexibility index (Phi) is 3.96. The van der Waals surface area contributed by atoms with Crippen molar-refractivity contribution in [2.75, 3.05) is 6.61 Å². The van der Waals surface area contributed by atoms with Gasteiger partial charge in [0.05, 0.1) is 0 Å². The van der Waals surface area contributed by atoms with E-state index in [4.69, 9.17) is 16.7 Å². The Bertz CT molecular complexity index is 505. The average Bonchev–Trinajstić information content (AvgIpc) is 3.06. The number of aromatic nitrogens is 2. The molecule has 1 saturated carbocycles. The number of sulfonamides is 1. The molecule has 1 aromatic rings. The lowest BCUT2D eigenvalue weighted by molar-refractivity contribution is 0.265. The molecule has 2 N–H and O–H groups in total. The number of nitrogens with one attached hydrogen (secondary N) is 1. The van der Waals surface area contributed by atoms with E-state index >= 15 is 0 Å². The zero-order chi connectivity index (χ0) is 13.3. The normalized spacial score (nSPS) is 17.9. The summed E-state index contributed by atoms with van der Waals surface area (Å²) in [5.74, 6) is 0.325. The standard InChI is InChI=1S/C10H16ClN3O3S/c1-14-6-9(12-10(14)11)18(16,17)13-8(4-5-15)7-2-3-7/h6-8,13,15H,2-5H2,1H3. The van der Waals surface area contributed by atoms with Crippen LogP contribution in [0.2, 0.25) is 5.28 Å². The third-order valence-corrected chi connectivity index (χ3v) is 4.72. The Morgan fingerprint density at radius 3 is 2.78 bits per heavy atom. The van der Waals surface area contributed by atoms with Crippen LogP contribution in [0.5, 0.6) is 0 Å². The molecule has 102 valence electrons. The Morgan fingerprint density at radius 2 is 2.33 bits per heavy atom. The van der Waals surface area contributed by atoms with Crippen LogP contribution in [0.1, 0.15) is 19.3 Å². The first-order valence-electron chi connectivity index (χ1n) is 5.76. The molecule has 0 bridgehead atoms. The van der Waals surface area contributed by atoms with E-state index in [1.54, 1.807) is 7.05 Å². The molecule has 18 heavy (non-hydrogen) atoms. The summed E-state index contributed by atoms with van der Waals surface area (Å²) in [6.45, 7) is -0.0351. The number of aliphatic hydroxyl groups excluding tert-OH is 1. The molecule has 0 aliphatic heterocycles. The zero-order valence-corrected chi connectivity index (χ0v) is 11.6. The Labute approximate surface area is 111 Å². The van der Waals surface area contributed by atoms with E-state index in [-0.39, 0.29) is 23.0 Å². The molecule has 1 aliphatic rings. The fraction of sp³-hybridized carbons (Fsp3) is 0.700. The molecule has 1 unspecified atom stereocenters. The Balaban J connectivity index is 2.15. The quantitative estimate of drug-likeness (QED) is 0.800. The summed E-state index contributed by atoms with van der Waals surface area (Å²) in [6, 6.07) is -0.221. The smallest absolute Gasteiger partial charge is 0.259 e. The van der Waals surface area contributed by atoms with Gasteiger partial charge in [0.2, 0.25) is 5.28 Å². The lowest BCUT2D eigenvalue weighted by Gasteiger charge is -2.15. The van der Waals surface area contributed by atoms with Crippen LogP contribution in [0.25, 0.3) is 0 Å². The van der Waals surface area contributed by atoms with Gasteiger partial charge >= 0.3 is 0 Å². The van der Waals surface area contributed by atoms with Crippen molar-refractivity contribution in [1.29, 1.82) is 0 Å². The van der Waals surface area contributed by atoms with E-state index in [9.17, 15) is 8.42 Å². The number of rotatable bonds is 6.